The van der Waals surface area contributed by atoms with Crippen LogP contribution in [0.1, 0.15) is 55.9 Å². The Kier molecular flexibility index (Phi) is 6.09. The molecule has 0 spiro atoms. The summed E-state index contributed by atoms with van der Waals surface area (Å²) in [5.41, 5.74) is 5.32. The SMILES string of the molecule is C/C(=N/OCC(C)C)c1ccc(C)c2c1C[C@H]1C[C@H]3CC(=O)C(C(N)=O)=C(O)[C@@]3(O)C(=O)C1=C2O. The lowest BCUT2D eigenvalue weighted by Crippen LogP contribution is -2.58. The van der Waals surface area contributed by atoms with Gasteiger partial charge in [-0.2, -0.15) is 0 Å². The minimum atomic E-state index is -2.50. The zero-order chi connectivity index (χ0) is 25.8. The molecular weight excluding hydrogens is 452 g/mol. The average molecular weight is 483 g/mol. The summed E-state index contributed by atoms with van der Waals surface area (Å²) >= 11 is 0. The number of aliphatic hydroxyl groups is 3. The van der Waals surface area contributed by atoms with Crippen molar-refractivity contribution >= 4 is 28.9 Å². The fourth-order valence-corrected chi connectivity index (χ4v) is 5.49. The molecule has 0 bridgehead atoms. The fourth-order valence-electron chi connectivity index (χ4n) is 5.49. The summed E-state index contributed by atoms with van der Waals surface area (Å²) in [5, 5.41) is 37.5. The third-order valence-electron chi connectivity index (χ3n) is 7.18. The standard InChI is InChI=1S/C26H30N2O7/c1-11(2)10-35-28-13(4)16-6-5-12(3)19-17(16)8-14-7-15-9-18(29)21(25(27)33)24(32)26(15,34)23(31)20(14)22(19)30/h5-6,11,14-15,30,32,34H,7-10H2,1-4H3,(H2,27,33)/b28-13-/t14-,15+,26+/m1/s1. The first kappa shape index (κ1) is 24.7. The molecule has 3 atom stereocenters. The van der Waals surface area contributed by atoms with E-state index in [0.29, 0.717) is 30.2 Å². The van der Waals surface area contributed by atoms with Crippen molar-refractivity contribution in [2.75, 3.05) is 6.61 Å². The van der Waals surface area contributed by atoms with E-state index in [9.17, 15) is 29.7 Å². The second-order valence-electron chi connectivity index (χ2n) is 10.1. The van der Waals surface area contributed by atoms with Crippen molar-refractivity contribution in [3.05, 3.63) is 51.3 Å². The number of Topliss-reactive ketones (excluding diaryl/α,β-unsaturated/α-hetero) is 2. The predicted molar refractivity (Wildman–Crippen MR) is 127 cm³/mol. The van der Waals surface area contributed by atoms with E-state index in [-0.39, 0.29) is 24.2 Å². The number of carbonyl (C=O) groups is 3. The summed E-state index contributed by atoms with van der Waals surface area (Å²) in [4.78, 5) is 43.2. The molecule has 1 aromatic carbocycles. The van der Waals surface area contributed by atoms with Gasteiger partial charge in [0.1, 0.15) is 23.7 Å². The Morgan fingerprint density at radius 1 is 1.26 bits per heavy atom. The highest BCUT2D eigenvalue weighted by Gasteiger charge is 2.60. The van der Waals surface area contributed by atoms with Gasteiger partial charge < -0.3 is 25.9 Å². The Bertz CT molecular complexity index is 1240. The average Bonchev–Trinajstić information content (AvgIpc) is 2.75. The van der Waals surface area contributed by atoms with Crippen LogP contribution in [0.25, 0.3) is 5.76 Å². The predicted octanol–water partition coefficient (Wildman–Crippen LogP) is 2.42. The van der Waals surface area contributed by atoms with Crippen LogP contribution in [0.4, 0.5) is 0 Å². The van der Waals surface area contributed by atoms with E-state index in [0.717, 1.165) is 16.7 Å². The molecule has 3 aliphatic carbocycles. The van der Waals surface area contributed by atoms with Gasteiger partial charge in [0.05, 0.1) is 5.71 Å². The molecule has 1 amide bonds. The molecule has 186 valence electrons. The molecule has 35 heavy (non-hydrogen) atoms. The molecule has 0 radical (unpaired) electrons. The highest BCUT2D eigenvalue weighted by Crippen LogP contribution is 2.51. The summed E-state index contributed by atoms with van der Waals surface area (Å²) in [6.07, 6.45) is 0.199. The summed E-state index contributed by atoms with van der Waals surface area (Å²) in [6.45, 7) is 8.09. The van der Waals surface area contributed by atoms with Gasteiger partial charge >= 0.3 is 0 Å². The molecule has 3 aliphatic rings. The lowest BCUT2D eigenvalue weighted by molar-refractivity contribution is -0.147. The Morgan fingerprint density at radius 2 is 1.94 bits per heavy atom. The van der Waals surface area contributed by atoms with Crippen LogP contribution in [-0.2, 0) is 25.6 Å². The van der Waals surface area contributed by atoms with Gasteiger partial charge in [0, 0.05) is 29.0 Å². The van der Waals surface area contributed by atoms with Gasteiger partial charge in [-0.15, -0.1) is 0 Å². The van der Waals surface area contributed by atoms with Gasteiger partial charge in [-0.25, -0.2) is 0 Å². The Labute approximate surface area is 203 Å². The van der Waals surface area contributed by atoms with E-state index >= 15 is 0 Å². The lowest BCUT2D eigenvalue weighted by Gasteiger charge is -2.46. The Morgan fingerprint density at radius 3 is 2.57 bits per heavy atom. The number of fused-ring (bicyclic) bond motifs is 3. The van der Waals surface area contributed by atoms with Crippen molar-refractivity contribution in [2.45, 2.75) is 52.6 Å². The van der Waals surface area contributed by atoms with Gasteiger partial charge in [-0.1, -0.05) is 31.1 Å². The van der Waals surface area contributed by atoms with Gasteiger partial charge in [-0.05, 0) is 49.7 Å². The van der Waals surface area contributed by atoms with E-state index in [4.69, 9.17) is 10.6 Å². The summed E-state index contributed by atoms with van der Waals surface area (Å²) in [7, 11) is 0. The molecule has 0 aliphatic heterocycles. The number of primary amides is 1. The molecule has 0 heterocycles. The van der Waals surface area contributed by atoms with Crippen molar-refractivity contribution < 1.29 is 34.5 Å². The number of hydrogen-bond acceptors (Lipinski definition) is 8. The number of hydrogen-bond donors (Lipinski definition) is 4. The number of nitrogens with zero attached hydrogens (tertiary/aromatic N) is 1. The maximum absolute atomic E-state index is 13.6. The highest BCUT2D eigenvalue weighted by atomic mass is 16.6. The van der Waals surface area contributed by atoms with Gasteiger partial charge in [0.25, 0.3) is 5.91 Å². The quantitative estimate of drug-likeness (QED) is 0.285. The first-order valence-electron chi connectivity index (χ1n) is 11.7. The molecule has 0 saturated heterocycles. The van der Waals surface area contributed by atoms with Gasteiger partial charge in [0.2, 0.25) is 5.78 Å². The van der Waals surface area contributed by atoms with E-state index in [2.05, 4.69) is 5.16 Å². The third kappa shape index (κ3) is 3.74. The van der Waals surface area contributed by atoms with Crippen LogP contribution in [0, 0.1) is 24.7 Å². The van der Waals surface area contributed by atoms with Gasteiger partial charge in [-0.3, -0.25) is 14.4 Å². The van der Waals surface area contributed by atoms with E-state index in [1.807, 2.05) is 19.9 Å². The molecule has 1 aromatic rings. The molecular formula is C26H30N2O7. The van der Waals surface area contributed by atoms with Crippen molar-refractivity contribution in [1.29, 1.82) is 0 Å². The van der Waals surface area contributed by atoms with E-state index in [1.54, 1.807) is 19.9 Å². The largest absolute Gasteiger partial charge is 0.508 e. The molecule has 1 fully saturated rings. The number of oxime groups is 1. The highest BCUT2D eigenvalue weighted by molar-refractivity contribution is 6.22. The summed E-state index contributed by atoms with van der Waals surface area (Å²) < 4.78 is 0. The molecule has 9 heteroatoms. The maximum atomic E-state index is 13.6. The fraction of sp³-hybridized carbons (Fsp3) is 0.462. The first-order chi connectivity index (χ1) is 16.4. The molecule has 0 unspecified atom stereocenters. The summed E-state index contributed by atoms with van der Waals surface area (Å²) in [5.74, 6) is -5.30. The second kappa shape index (κ2) is 8.64. The number of carbonyl (C=O) groups excluding carboxylic acids is 3. The van der Waals surface area contributed by atoms with Crippen molar-refractivity contribution in [2.24, 2.45) is 28.6 Å². The van der Waals surface area contributed by atoms with Crippen LogP contribution in [0.5, 0.6) is 0 Å². The maximum Gasteiger partial charge on any atom is 0.255 e. The van der Waals surface area contributed by atoms with Gasteiger partial charge in [0.15, 0.2) is 11.4 Å². The number of ketones is 2. The van der Waals surface area contributed by atoms with Crippen molar-refractivity contribution in [3.8, 4) is 0 Å². The number of nitrogens with two attached hydrogens (primary N) is 1. The lowest BCUT2D eigenvalue weighted by atomic mass is 9.59. The zero-order valence-electron chi connectivity index (χ0n) is 20.2. The minimum absolute atomic E-state index is 0.0214. The third-order valence-corrected chi connectivity index (χ3v) is 7.18. The molecule has 4 rings (SSSR count). The van der Waals surface area contributed by atoms with Crippen LogP contribution < -0.4 is 5.73 Å². The Hall–Kier alpha value is -3.46. The van der Waals surface area contributed by atoms with Crippen LogP contribution in [0.3, 0.4) is 0 Å². The zero-order valence-corrected chi connectivity index (χ0v) is 20.2. The number of aliphatic hydroxyl groups excluding tert-OH is 2. The number of aryl methyl sites for hydroxylation is 1. The molecule has 9 nitrogen and oxygen atoms in total. The number of amides is 1. The summed E-state index contributed by atoms with van der Waals surface area (Å²) in [6, 6.07) is 3.70. The van der Waals surface area contributed by atoms with Crippen molar-refractivity contribution in [1.82, 2.24) is 0 Å². The first-order valence-corrected chi connectivity index (χ1v) is 11.7. The van der Waals surface area contributed by atoms with Crippen LogP contribution in [0.2, 0.25) is 0 Å². The molecule has 0 aromatic heterocycles. The topological polar surface area (TPSA) is 160 Å². The van der Waals surface area contributed by atoms with Crippen molar-refractivity contribution in [3.63, 3.8) is 0 Å². The van der Waals surface area contributed by atoms with E-state index < -0.39 is 46.2 Å². The second-order valence-corrected chi connectivity index (χ2v) is 10.1. The minimum Gasteiger partial charge on any atom is -0.508 e. The van der Waals surface area contributed by atoms with Crippen LogP contribution in [0.15, 0.2) is 34.2 Å². The number of benzene rings is 1. The smallest absolute Gasteiger partial charge is 0.255 e. The van der Waals surface area contributed by atoms with E-state index in [1.165, 1.54) is 0 Å². The molecule has 1 saturated carbocycles. The monoisotopic (exact) mass is 482 g/mol. The number of rotatable bonds is 5. The normalized spacial score (nSPS) is 26.5. The Balaban J connectivity index is 1.85. The van der Waals surface area contributed by atoms with Crippen LogP contribution >= 0.6 is 0 Å². The molecule has 5 N–H and O–H groups in total. The van der Waals surface area contributed by atoms with Crippen LogP contribution in [-0.4, -0.2) is 50.7 Å².